The molecule has 0 radical (unpaired) electrons. The third-order valence-corrected chi connectivity index (χ3v) is 5.92. The molecule has 0 aliphatic heterocycles. The zero-order chi connectivity index (χ0) is 24.7. The van der Waals surface area contributed by atoms with Crippen LogP contribution in [-0.2, 0) is 5.41 Å². The van der Waals surface area contributed by atoms with E-state index in [2.05, 4.69) is 15.5 Å². The van der Waals surface area contributed by atoms with Crippen LogP contribution >= 0.6 is 0 Å². The number of aliphatic hydroxyl groups excluding tert-OH is 1. The van der Waals surface area contributed by atoms with Crippen molar-refractivity contribution < 1.29 is 27.4 Å². The smallest absolute Gasteiger partial charge is 0.422 e. The summed E-state index contributed by atoms with van der Waals surface area (Å²) in [6.07, 6.45) is -1.50. The zero-order valence-corrected chi connectivity index (χ0v) is 19.7. The Morgan fingerprint density at radius 1 is 1.15 bits per heavy atom. The van der Waals surface area contributed by atoms with E-state index in [1.54, 1.807) is 18.2 Å². The van der Waals surface area contributed by atoms with Gasteiger partial charge in [0.15, 0.2) is 6.61 Å². The highest BCUT2D eigenvalue weighted by molar-refractivity contribution is 5.89. The van der Waals surface area contributed by atoms with Crippen LogP contribution in [-0.4, -0.2) is 45.2 Å². The molecule has 4 rings (SSSR count). The van der Waals surface area contributed by atoms with Crippen LogP contribution in [0.1, 0.15) is 57.6 Å². The molecule has 34 heavy (non-hydrogen) atoms. The first-order chi connectivity index (χ1) is 15.9. The number of rotatable bonds is 5. The van der Waals surface area contributed by atoms with Crippen LogP contribution in [0.15, 0.2) is 22.6 Å². The van der Waals surface area contributed by atoms with Crippen LogP contribution in [0.5, 0.6) is 5.75 Å². The molecule has 7 nitrogen and oxygen atoms in total. The van der Waals surface area contributed by atoms with Crippen molar-refractivity contribution in [2.24, 2.45) is 0 Å². The molecular formula is C24H29F3N4O3. The van der Waals surface area contributed by atoms with E-state index in [1.807, 2.05) is 27.7 Å². The minimum atomic E-state index is -4.42. The fourth-order valence-electron chi connectivity index (χ4n) is 4.25. The molecule has 0 spiro atoms. The van der Waals surface area contributed by atoms with Gasteiger partial charge in [-0.1, -0.05) is 25.9 Å². The Bertz CT molecular complexity index is 1170. The van der Waals surface area contributed by atoms with Crippen molar-refractivity contribution in [3.8, 4) is 17.3 Å². The molecule has 2 N–H and O–H groups in total. The Morgan fingerprint density at radius 3 is 2.59 bits per heavy atom. The molecule has 1 fully saturated rings. The Labute approximate surface area is 195 Å². The van der Waals surface area contributed by atoms with Crippen molar-refractivity contribution in [1.29, 1.82) is 0 Å². The van der Waals surface area contributed by atoms with Crippen molar-refractivity contribution >= 4 is 16.9 Å². The second kappa shape index (κ2) is 9.05. The Morgan fingerprint density at radius 2 is 1.91 bits per heavy atom. The average molecular weight is 479 g/mol. The van der Waals surface area contributed by atoms with Crippen LogP contribution in [0, 0.1) is 6.92 Å². The van der Waals surface area contributed by atoms with Gasteiger partial charge in [-0.2, -0.15) is 13.2 Å². The van der Waals surface area contributed by atoms with E-state index in [1.165, 1.54) is 0 Å². The monoisotopic (exact) mass is 478 g/mol. The number of anilines is 1. The highest BCUT2D eigenvalue weighted by Crippen LogP contribution is 2.36. The molecule has 3 aromatic rings. The second-order valence-corrected chi connectivity index (χ2v) is 9.92. The second-order valence-electron chi connectivity index (χ2n) is 9.92. The van der Waals surface area contributed by atoms with E-state index in [4.69, 9.17) is 14.1 Å². The molecule has 2 heterocycles. The molecule has 1 aliphatic rings. The highest BCUT2D eigenvalue weighted by atomic mass is 19.4. The molecule has 1 saturated carbocycles. The highest BCUT2D eigenvalue weighted by Gasteiger charge is 2.29. The maximum atomic E-state index is 12.7. The molecule has 2 atom stereocenters. The third-order valence-electron chi connectivity index (χ3n) is 5.92. The fourth-order valence-corrected chi connectivity index (χ4v) is 4.25. The predicted molar refractivity (Wildman–Crippen MR) is 122 cm³/mol. The number of alkyl halides is 3. The van der Waals surface area contributed by atoms with Crippen molar-refractivity contribution in [3.05, 3.63) is 29.3 Å². The van der Waals surface area contributed by atoms with Crippen LogP contribution in [0.25, 0.3) is 22.5 Å². The minimum absolute atomic E-state index is 0.0611. The Hall–Kier alpha value is -2.88. The number of halogens is 3. The van der Waals surface area contributed by atoms with Gasteiger partial charge in [-0.15, -0.1) is 5.10 Å². The van der Waals surface area contributed by atoms with Gasteiger partial charge < -0.3 is 19.6 Å². The van der Waals surface area contributed by atoms with Crippen LogP contribution < -0.4 is 10.1 Å². The number of fused-ring (bicyclic) bond motifs is 1. The summed E-state index contributed by atoms with van der Waals surface area (Å²) >= 11 is 0. The number of aliphatic hydroxyl groups is 1. The molecule has 0 bridgehead atoms. The van der Waals surface area contributed by atoms with Gasteiger partial charge in [-0.05, 0) is 67.3 Å². The summed E-state index contributed by atoms with van der Waals surface area (Å²) in [5.74, 6) is 0.382. The van der Waals surface area contributed by atoms with E-state index in [0.717, 1.165) is 30.4 Å². The van der Waals surface area contributed by atoms with Crippen LogP contribution in [0.4, 0.5) is 19.2 Å². The van der Waals surface area contributed by atoms with Crippen LogP contribution in [0.3, 0.4) is 0 Å². The number of hydrogen-bond donors (Lipinski definition) is 2. The molecule has 1 aliphatic carbocycles. The Kier molecular flexibility index (Phi) is 6.46. The van der Waals surface area contributed by atoms with Gasteiger partial charge in [-0.3, -0.25) is 0 Å². The van der Waals surface area contributed by atoms with E-state index >= 15 is 0 Å². The average Bonchev–Trinajstić information content (AvgIpc) is 3.19. The van der Waals surface area contributed by atoms with E-state index in [0.29, 0.717) is 23.0 Å². The largest absolute Gasteiger partial charge is 0.484 e. The first-order valence-electron chi connectivity index (χ1n) is 11.3. The minimum Gasteiger partial charge on any atom is -0.484 e. The van der Waals surface area contributed by atoms with Gasteiger partial charge in [0.05, 0.1) is 11.6 Å². The summed E-state index contributed by atoms with van der Waals surface area (Å²) < 4.78 is 49.0. The number of nitrogens with zero attached hydrogens (tertiary/aromatic N) is 3. The summed E-state index contributed by atoms with van der Waals surface area (Å²) in [5, 5.41) is 22.0. The summed E-state index contributed by atoms with van der Waals surface area (Å²) in [6.45, 7) is 6.39. The normalized spacial score (nSPS) is 19.4. The van der Waals surface area contributed by atoms with Crippen LogP contribution in [0.2, 0.25) is 0 Å². The number of benzene rings is 1. The molecular weight excluding hydrogens is 449 g/mol. The molecule has 10 heteroatoms. The van der Waals surface area contributed by atoms with Gasteiger partial charge in [0, 0.05) is 11.4 Å². The van der Waals surface area contributed by atoms with Gasteiger partial charge >= 0.3 is 12.2 Å². The molecule has 1 aromatic carbocycles. The van der Waals surface area contributed by atoms with Gasteiger partial charge in [0.1, 0.15) is 11.4 Å². The lowest BCUT2D eigenvalue weighted by Crippen LogP contribution is -2.29. The van der Waals surface area contributed by atoms with Gasteiger partial charge in [0.25, 0.3) is 5.89 Å². The quantitative estimate of drug-likeness (QED) is 0.497. The lowest BCUT2D eigenvalue weighted by Gasteiger charge is -2.25. The van der Waals surface area contributed by atoms with E-state index in [-0.39, 0.29) is 29.8 Å². The standard InChI is InChI=1S/C24H29F3N4O3/c1-13-8-19(21-30-31-22(34-21)28-14-6-5-7-15(32)9-14)29-20-17(13)10-16(33-12-24(25,26)27)11-18(20)23(2,3)4/h8,10-11,14-15,32H,5-7,9,12H2,1-4H3,(H,28,31)/t14-,15+/m1/s1. The number of ether oxygens (including phenoxy) is 1. The van der Waals surface area contributed by atoms with E-state index in [9.17, 15) is 18.3 Å². The van der Waals surface area contributed by atoms with Crippen molar-refractivity contribution in [3.63, 3.8) is 0 Å². The SMILES string of the molecule is Cc1cc(-c2nnc(N[C@@H]3CCC[C@H](O)C3)o2)nc2c(C(C)(C)C)cc(OCC(F)(F)F)cc12. The van der Waals surface area contributed by atoms with Crippen molar-refractivity contribution in [2.75, 3.05) is 11.9 Å². The Balaban J connectivity index is 1.68. The zero-order valence-electron chi connectivity index (χ0n) is 19.7. The number of nitrogens with one attached hydrogen (secondary N) is 1. The maximum Gasteiger partial charge on any atom is 0.422 e. The molecule has 184 valence electrons. The van der Waals surface area contributed by atoms with E-state index < -0.39 is 18.2 Å². The van der Waals surface area contributed by atoms with Crippen molar-refractivity contribution in [1.82, 2.24) is 15.2 Å². The van der Waals surface area contributed by atoms with Crippen molar-refractivity contribution in [2.45, 2.75) is 77.1 Å². The topological polar surface area (TPSA) is 93.3 Å². The predicted octanol–water partition coefficient (Wildman–Crippen LogP) is 5.55. The fraction of sp³-hybridized carbons (Fsp3) is 0.542. The van der Waals surface area contributed by atoms with Gasteiger partial charge in [0.2, 0.25) is 0 Å². The summed E-state index contributed by atoms with van der Waals surface area (Å²) in [5.41, 5.74) is 2.26. The molecule has 0 amide bonds. The summed E-state index contributed by atoms with van der Waals surface area (Å²) in [7, 11) is 0. The molecule has 0 saturated heterocycles. The third kappa shape index (κ3) is 5.60. The molecule has 0 unspecified atom stereocenters. The first kappa shape index (κ1) is 24.3. The molecule has 2 aromatic heterocycles. The number of hydrogen-bond acceptors (Lipinski definition) is 7. The summed E-state index contributed by atoms with van der Waals surface area (Å²) in [6, 6.07) is 5.28. The first-order valence-corrected chi connectivity index (χ1v) is 11.3. The lowest BCUT2D eigenvalue weighted by atomic mass is 9.84. The summed E-state index contributed by atoms with van der Waals surface area (Å²) in [4.78, 5) is 4.75. The van der Waals surface area contributed by atoms with Gasteiger partial charge in [-0.25, -0.2) is 4.98 Å². The number of pyridine rings is 1. The maximum absolute atomic E-state index is 12.7. The number of aromatic nitrogens is 3. The lowest BCUT2D eigenvalue weighted by molar-refractivity contribution is -0.153. The number of aryl methyl sites for hydroxylation is 1.